The molecule has 0 aromatic heterocycles. The third-order valence-electron chi connectivity index (χ3n) is 7.07. The molecule has 2 aromatic carbocycles. The van der Waals surface area contributed by atoms with Crippen LogP contribution in [0.1, 0.15) is 55.7 Å². The second-order valence-electron chi connectivity index (χ2n) is 9.68. The van der Waals surface area contributed by atoms with Gasteiger partial charge >= 0.3 is 5.97 Å². The number of hydrogen-bond acceptors (Lipinski definition) is 5. The highest BCUT2D eigenvalue weighted by Crippen LogP contribution is 2.36. The molecule has 0 bridgehead atoms. The Kier molecular flexibility index (Phi) is 8.11. The molecule has 0 unspecified atom stereocenters. The van der Waals surface area contributed by atoms with Crippen LogP contribution in [0.25, 0.3) is 6.08 Å². The molecular weight excluding hydrogens is 468 g/mol. The Bertz CT molecular complexity index is 1250. The highest BCUT2D eigenvalue weighted by Gasteiger charge is 2.38. The Morgan fingerprint density at radius 1 is 1.00 bits per heavy atom. The third kappa shape index (κ3) is 5.93. The number of rotatable bonds is 7. The van der Waals surface area contributed by atoms with Gasteiger partial charge in [-0.15, -0.1) is 0 Å². The Hall–Kier alpha value is -3.87. The number of carbonyl (C=O) groups is 3. The highest BCUT2D eigenvalue weighted by atomic mass is 16.5. The van der Waals surface area contributed by atoms with Crippen molar-refractivity contribution in [1.29, 1.82) is 0 Å². The summed E-state index contributed by atoms with van der Waals surface area (Å²) in [6.07, 6.45) is 7.27. The smallest absolute Gasteiger partial charge is 0.340 e. The van der Waals surface area contributed by atoms with E-state index in [0.717, 1.165) is 42.4 Å². The molecule has 1 heterocycles. The molecule has 1 aliphatic carbocycles. The van der Waals surface area contributed by atoms with Crippen LogP contribution in [0.5, 0.6) is 5.75 Å². The lowest BCUT2D eigenvalue weighted by atomic mass is 9.95. The number of benzene rings is 2. The standard InChI is InChI=1S/C30H34N2O5/c1-19-10-13-24(16-20(19)2)32-21(3)28(30(35)36-4)26(29(32)34)17-22-11-14-25(15-12-22)37-18-27(33)31-23-8-6-5-7-9-23/h10-17,23H,5-9,18H2,1-4H3,(H,31,33)/b26-17-. The first-order valence-corrected chi connectivity index (χ1v) is 12.7. The van der Waals surface area contributed by atoms with Gasteiger partial charge in [0.1, 0.15) is 5.75 Å². The summed E-state index contributed by atoms with van der Waals surface area (Å²) in [6, 6.07) is 13.1. The molecule has 1 aliphatic heterocycles. The molecule has 1 N–H and O–H groups in total. The number of anilines is 1. The summed E-state index contributed by atoms with van der Waals surface area (Å²) in [5, 5.41) is 3.04. The Balaban J connectivity index is 1.50. The average molecular weight is 503 g/mol. The van der Waals surface area contributed by atoms with Gasteiger partial charge in [-0.25, -0.2) is 4.79 Å². The second kappa shape index (κ2) is 11.5. The molecule has 0 atom stereocenters. The van der Waals surface area contributed by atoms with E-state index in [4.69, 9.17) is 9.47 Å². The predicted octanol–water partition coefficient (Wildman–Crippen LogP) is 5.01. The van der Waals surface area contributed by atoms with E-state index in [1.165, 1.54) is 13.5 Å². The number of allylic oxidation sites excluding steroid dienone is 1. The van der Waals surface area contributed by atoms with E-state index in [-0.39, 0.29) is 35.6 Å². The van der Waals surface area contributed by atoms with Crippen molar-refractivity contribution >= 4 is 29.5 Å². The van der Waals surface area contributed by atoms with Crippen LogP contribution < -0.4 is 15.0 Å². The summed E-state index contributed by atoms with van der Waals surface area (Å²) < 4.78 is 10.7. The normalized spacial score (nSPS) is 17.4. The molecule has 0 spiro atoms. The lowest BCUT2D eigenvalue weighted by molar-refractivity contribution is -0.136. The van der Waals surface area contributed by atoms with Gasteiger partial charge in [0.05, 0.1) is 18.3 Å². The van der Waals surface area contributed by atoms with Gasteiger partial charge in [0.25, 0.3) is 11.8 Å². The number of nitrogens with zero attached hydrogens (tertiary/aromatic N) is 1. The zero-order valence-corrected chi connectivity index (χ0v) is 21.9. The van der Waals surface area contributed by atoms with Crippen LogP contribution in [0.3, 0.4) is 0 Å². The molecule has 194 valence electrons. The minimum Gasteiger partial charge on any atom is -0.484 e. The van der Waals surface area contributed by atoms with Crippen LogP contribution in [-0.4, -0.2) is 37.5 Å². The van der Waals surface area contributed by atoms with E-state index >= 15 is 0 Å². The van der Waals surface area contributed by atoms with E-state index in [0.29, 0.717) is 17.1 Å². The van der Waals surface area contributed by atoms with E-state index < -0.39 is 5.97 Å². The number of nitrogens with one attached hydrogen (secondary N) is 1. The molecular formula is C30H34N2O5. The number of aryl methyl sites for hydroxylation is 2. The molecule has 0 saturated heterocycles. The van der Waals surface area contributed by atoms with Crippen molar-refractivity contribution in [2.45, 2.75) is 58.9 Å². The first-order chi connectivity index (χ1) is 17.8. The van der Waals surface area contributed by atoms with Crippen LogP contribution in [0.2, 0.25) is 0 Å². The van der Waals surface area contributed by atoms with E-state index in [9.17, 15) is 14.4 Å². The van der Waals surface area contributed by atoms with E-state index in [1.807, 2.05) is 32.0 Å². The molecule has 7 nitrogen and oxygen atoms in total. The molecule has 4 rings (SSSR count). The van der Waals surface area contributed by atoms with Crippen LogP contribution in [0.15, 0.2) is 59.3 Å². The average Bonchev–Trinajstić information content (AvgIpc) is 3.14. The predicted molar refractivity (Wildman–Crippen MR) is 143 cm³/mol. The first kappa shape index (κ1) is 26.2. The molecule has 2 aliphatic rings. The SMILES string of the molecule is COC(=O)C1=C(C)N(c2ccc(C)c(C)c2)C(=O)/C1=C\c1ccc(OCC(=O)NC2CCCCC2)cc1. The van der Waals surface area contributed by atoms with Crippen LogP contribution in [-0.2, 0) is 19.1 Å². The molecule has 0 radical (unpaired) electrons. The lowest BCUT2D eigenvalue weighted by Crippen LogP contribution is -2.38. The summed E-state index contributed by atoms with van der Waals surface area (Å²) in [7, 11) is 1.31. The summed E-state index contributed by atoms with van der Waals surface area (Å²) in [6.45, 7) is 5.69. The lowest BCUT2D eigenvalue weighted by Gasteiger charge is -2.22. The topological polar surface area (TPSA) is 84.9 Å². The monoisotopic (exact) mass is 502 g/mol. The zero-order valence-electron chi connectivity index (χ0n) is 21.9. The minimum atomic E-state index is -0.563. The van der Waals surface area contributed by atoms with Crippen molar-refractivity contribution in [3.05, 3.63) is 76.0 Å². The van der Waals surface area contributed by atoms with Gasteiger partial charge in [0.2, 0.25) is 0 Å². The van der Waals surface area contributed by atoms with Gasteiger partial charge in [-0.3, -0.25) is 14.5 Å². The molecule has 2 aromatic rings. The first-order valence-electron chi connectivity index (χ1n) is 12.7. The highest BCUT2D eigenvalue weighted by molar-refractivity contribution is 6.23. The largest absolute Gasteiger partial charge is 0.484 e. The second-order valence-corrected chi connectivity index (χ2v) is 9.68. The number of amides is 2. The van der Waals surface area contributed by atoms with Gasteiger partial charge in [-0.2, -0.15) is 0 Å². The Morgan fingerprint density at radius 3 is 2.35 bits per heavy atom. The van der Waals surface area contributed by atoms with Gasteiger partial charge in [0, 0.05) is 17.4 Å². The summed E-state index contributed by atoms with van der Waals surface area (Å²) in [5.41, 5.74) is 4.63. The summed E-state index contributed by atoms with van der Waals surface area (Å²) >= 11 is 0. The minimum absolute atomic E-state index is 0.0469. The maximum Gasteiger partial charge on any atom is 0.340 e. The number of carbonyl (C=O) groups excluding carboxylic acids is 3. The van der Waals surface area contributed by atoms with Crippen LogP contribution in [0.4, 0.5) is 5.69 Å². The maximum atomic E-state index is 13.5. The fourth-order valence-electron chi connectivity index (χ4n) is 4.85. The van der Waals surface area contributed by atoms with Crippen LogP contribution in [0, 0.1) is 13.8 Å². The van der Waals surface area contributed by atoms with Gasteiger partial charge < -0.3 is 14.8 Å². The molecule has 37 heavy (non-hydrogen) atoms. The Labute approximate surface area is 218 Å². The number of hydrogen-bond donors (Lipinski definition) is 1. The summed E-state index contributed by atoms with van der Waals surface area (Å²) in [5.74, 6) is -0.423. The van der Waals surface area contributed by atoms with Crippen molar-refractivity contribution in [3.63, 3.8) is 0 Å². The third-order valence-corrected chi connectivity index (χ3v) is 7.07. The van der Waals surface area contributed by atoms with Crippen molar-refractivity contribution in [2.75, 3.05) is 18.6 Å². The van der Waals surface area contributed by atoms with Crippen molar-refractivity contribution < 1.29 is 23.9 Å². The number of esters is 1. The van der Waals surface area contributed by atoms with E-state index in [2.05, 4.69) is 5.32 Å². The van der Waals surface area contributed by atoms with E-state index in [1.54, 1.807) is 42.2 Å². The number of methoxy groups -OCH3 is 1. The fraction of sp³-hybridized carbons (Fsp3) is 0.367. The molecule has 1 saturated carbocycles. The maximum absolute atomic E-state index is 13.5. The fourth-order valence-corrected chi connectivity index (χ4v) is 4.85. The quantitative estimate of drug-likeness (QED) is 0.425. The van der Waals surface area contributed by atoms with Crippen molar-refractivity contribution in [1.82, 2.24) is 5.32 Å². The van der Waals surface area contributed by atoms with Gasteiger partial charge in [0.15, 0.2) is 6.61 Å². The summed E-state index contributed by atoms with van der Waals surface area (Å²) in [4.78, 5) is 39.9. The molecule has 1 fully saturated rings. The zero-order chi connectivity index (χ0) is 26.5. The van der Waals surface area contributed by atoms with Gasteiger partial charge in [-0.1, -0.05) is 37.5 Å². The van der Waals surface area contributed by atoms with Crippen molar-refractivity contribution in [2.24, 2.45) is 0 Å². The Morgan fingerprint density at radius 2 is 1.70 bits per heavy atom. The number of ether oxygens (including phenoxy) is 2. The van der Waals surface area contributed by atoms with Crippen molar-refractivity contribution in [3.8, 4) is 5.75 Å². The molecule has 7 heteroatoms. The molecule has 2 amide bonds. The van der Waals surface area contributed by atoms with Gasteiger partial charge in [-0.05, 0) is 80.6 Å². The van der Waals surface area contributed by atoms with Crippen LogP contribution >= 0.6 is 0 Å².